The third-order valence-electron chi connectivity index (χ3n) is 3.94. The van der Waals surface area contributed by atoms with Crippen LogP contribution in [0.1, 0.15) is 19.8 Å². The van der Waals surface area contributed by atoms with Crippen molar-refractivity contribution in [2.45, 2.75) is 37.5 Å². The third kappa shape index (κ3) is 3.67. The third-order valence-corrected chi connectivity index (χ3v) is 4.89. The summed E-state index contributed by atoms with van der Waals surface area (Å²) in [6.07, 6.45) is 7.52. The summed E-state index contributed by atoms with van der Waals surface area (Å²) in [4.78, 5) is 18.4. The molecule has 1 saturated carbocycles. The second kappa shape index (κ2) is 7.61. The van der Waals surface area contributed by atoms with Crippen LogP contribution in [0.25, 0.3) is 11.4 Å². The maximum Gasteiger partial charge on any atom is 0.233 e. The van der Waals surface area contributed by atoms with Gasteiger partial charge in [-0.15, -0.1) is 16.8 Å². The summed E-state index contributed by atoms with van der Waals surface area (Å²) in [6.45, 7) is 7.20. The molecule has 6 nitrogen and oxygen atoms in total. The maximum absolute atomic E-state index is 12.4. The first-order chi connectivity index (χ1) is 11.7. The summed E-state index contributed by atoms with van der Waals surface area (Å²) in [6, 6.07) is 4.24. The molecule has 0 saturated heterocycles. The lowest BCUT2D eigenvalue weighted by molar-refractivity contribution is -0.128. The van der Waals surface area contributed by atoms with Gasteiger partial charge in [0.25, 0.3) is 0 Å². The molecule has 2 heterocycles. The summed E-state index contributed by atoms with van der Waals surface area (Å²) in [5, 5.41) is 9.29. The van der Waals surface area contributed by atoms with Gasteiger partial charge < -0.3 is 4.90 Å². The van der Waals surface area contributed by atoms with Crippen molar-refractivity contribution in [3.8, 4) is 11.4 Å². The summed E-state index contributed by atoms with van der Waals surface area (Å²) in [5.41, 5.74) is 0.950. The van der Waals surface area contributed by atoms with Gasteiger partial charge in [-0.3, -0.25) is 14.3 Å². The Morgan fingerprint density at radius 3 is 2.79 bits per heavy atom. The van der Waals surface area contributed by atoms with E-state index in [-0.39, 0.29) is 5.91 Å². The molecular weight excluding hydrogens is 322 g/mol. The highest BCUT2D eigenvalue weighted by Crippen LogP contribution is 2.28. The molecule has 2 aromatic heterocycles. The summed E-state index contributed by atoms with van der Waals surface area (Å²) in [7, 11) is 0. The van der Waals surface area contributed by atoms with Crippen LogP contribution in [0.5, 0.6) is 0 Å². The van der Waals surface area contributed by atoms with Gasteiger partial charge in [-0.25, -0.2) is 0 Å². The van der Waals surface area contributed by atoms with Crippen LogP contribution in [-0.4, -0.2) is 48.9 Å². The van der Waals surface area contributed by atoms with Crippen molar-refractivity contribution in [3.63, 3.8) is 0 Å². The smallest absolute Gasteiger partial charge is 0.233 e. The van der Waals surface area contributed by atoms with E-state index in [1.807, 2.05) is 34.6 Å². The predicted molar refractivity (Wildman–Crippen MR) is 94.6 cm³/mol. The van der Waals surface area contributed by atoms with Crippen molar-refractivity contribution in [2.75, 3.05) is 12.3 Å². The molecule has 0 unspecified atom stereocenters. The standard InChI is InChI=1S/C17H21N5OS/c1-3-11-22-16(13-7-9-18-10-8-13)19-20-17(22)24-12-15(23)21(4-2)14-5-6-14/h3,7-10,14H,1,4-6,11-12H2,2H3. The minimum atomic E-state index is 0.170. The van der Waals surface area contributed by atoms with Crippen LogP contribution < -0.4 is 0 Å². The molecule has 0 N–H and O–H groups in total. The van der Waals surface area contributed by atoms with Gasteiger partial charge in [-0.05, 0) is 31.9 Å². The normalized spacial score (nSPS) is 13.7. The summed E-state index contributed by atoms with van der Waals surface area (Å²) in [5.74, 6) is 1.32. The van der Waals surface area contributed by atoms with Gasteiger partial charge in [0.1, 0.15) is 0 Å². The molecule has 0 spiro atoms. The zero-order chi connectivity index (χ0) is 16.9. The molecular formula is C17H21N5OS. The number of pyridine rings is 1. The van der Waals surface area contributed by atoms with Crippen molar-refractivity contribution in [2.24, 2.45) is 0 Å². The van der Waals surface area contributed by atoms with Gasteiger partial charge in [0.05, 0.1) is 5.75 Å². The molecule has 0 aromatic carbocycles. The Morgan fingerprint density at radius 1 is 1.42 bits per heavy atom. The fraction of sp³-hybridized carbons (Fsp3) is 0.412. The minimum Gasteiger partial charge on any atom is -0.339 e. The zero-order valence-electron chi connectivity index (χ0n) is 13.8. The van der Waals surface area contributed by atoms with Gasteiger partial charge in [-0.2, -0.15) is 0 Å². The summed E-state index contributed by atoms with van der Waals surface area (Å²) >= 11 is 1.43. The molecule has 0 bridgehead atoms. The van der Waals surface area contributed by atoms with E-state index in [2.05, 4.69) is 21.8 Å². The Kier molecular flexibility index (Phi) is 5.30. The van der Waals surface area contributed by atoms with Crippen molar-refractivity contribution in [1.82, 2.24) is 24.6 Å². The largest absolute Gasteiger partial charge is 0.339 e. The highest BCUT2D eigenvalue weighted by atomic mass is 32.2. The lowest BCUT2D eigenvalue weighted by Gasteiger charge is -2.19. The fourth-order valence-corrected chi connectivity index (χ4v) is 3.47. The summed E-state index contributed by atoms with van der Waals surface area (Å²) < 4.78 is 1.98. The van der Waals surface area contributed by atoms with Crippen molar-refractivity contribution in [1.29, 1.82) is 0 Å². The van der Waals surface area contributed by atoms with Gasteiger partial charge in [0, 0.05) is 37.1 Å². The van der Waals surface area contributed by atoms with Crippen LogP contribution in [0.15, 0.2) is 42.3 Å². The number of thioether (sulfide) groups is 1. The number of rotatable bonds is 8. The Balaban J connectivity index is 1.74. The van der Waals surface area contributed by atoms with E-state index in [1.165, 1.54) is 11.8 Å². The van der Waals surface area contributed by atoms with Gasteiger partial charge in [-0.1, -0.05) is 17.8 Å². The quantitative estimate of drug-likeness (QED) is 0.544. The molecule has 7 heteroatoms. The number of allylic oxidation sites excluding steroid dienone is 1. The predicted octanol–water partition coefficient (Wildman–Crippen LogP) is 2.63. The lowest BCUT2D eigenvalue weighted by atomic mass is 10.2. The van der Waals surface area contributed by atoms with Gasteiger partial charge >= 0.3 is 0 Å². The first-order valence-electron chi connectivity index (χ1n) is 8.11. The topological polar surface area (TPSA) is 63.9 Å². The fourth-order valence-electron chi connectivity index (χ4n) is 2.64. The van der Waals surface area contributed by atoms with Crippen LogP contribution in [0.4, 0.5) is 0 Å². The van der Waals surface area contributed by atoms with Crippen LogP contribution in [-0.2, 0) is 11.3 Å². The second-order valence-corrected chi connectivity index (χ2v) is 6.58. The van der Waals surface area contributed by atoms with Crippen molar-refractivity contribution >= 4 is 17.7 Å². The molecule has 126 valence electrons. The number of hydrogen-bond acceptors (Lipinski definition) is 5. The Hall–Kier alpha value is -2.15. The van der Waals surface area contributed by atoms with Crippen LogP contribution in [0.2, 0.25) is 0 Å². The Labute approximate surface area is 146 Å². The van der Waals surface area contributed by atoms with Crippen LogP contribution in [0, 0.1) is 0 Å². The molecule has 1 aliphatic rings. The second-order valence-electron chi connectivity index (χ2n) is 5.64. The van der Waals surface area contributed by atoms with E-state index in [0.717, 1.165) is 35.9 Å². The average molecular weight is 343 g/mol. The molecule has 1 fully saturated rings. The Bertz CT molecular complexity index is 711. The van der Waals surface area contributed by atoms with E-state index in [9.17, 15) is 4.79 Å². The molecule has 0 radical (unpaired) electrons. The number of nitrogens with zero attached hydrogens (tertiary/aromatic N) is 5. The van der Waals surface area contributed by atoms with E-state index in [4.69, 9.17) is 0 Å². The van der Waals surface area contributed by atoms with Crippen LogP contribution in [0.3, 0.4) is 0 Å². The van der Waals surface area contributed by atoms with Gasteiger partial charge in [0.15, 0.2) is 11.0 Å². The first-order valence-corrected chi connectivity index (χ1v) is 9.10. The maximum atomic E-state index is 12.4. The van der Waals surface area contributed by atoms with Gasteiger partial charge in [0.2, 0.25) is 5.91 Å². The van der Waals surface area contributed by atoms with E-state index in [0.29, 0.717) is 18.3 Å². The minimum absolute atomic E-state index is 0.170. The number of carbonyl (C=O) groups excluding carboxylic acids is 1. The molecule has 2 aromatic rings. The SMILES string of the molecule is C=CCn1c(SCC(=O)N(CC)C2CC2)nnc1-c1ccncc1. The monoisotopic (exact) mass is 343 g/mol. The molecule has 24 heavy (non-hydrogen) atoms. The van der Waals surface area contributed by atoms with Crippen LogP contribution >= 0.6 is 11.8 Å². The van der Waals surface area contributed by atoms with E-state index in [1.54, 1.807) is 12.4 Å². The number of aromatic nitrogens is 4. The highest BCUT2D eigenvalue weighted by Gasteiger charge is 2.31. The Morgan fingerprint density at radius 2 is 2.17 bits per heavy atom. The lowest BCUT2D eigenvalue weighted by Crippen LogP contribution is -2.34. The molecule has 3 rings (SSSR count). The average Bonchev–Trinajstić information content (AvgIpc) is 3.36. The zero-order valence-corrected chi connectivity index (χ0v) is 14.6. The first kappa shape index (κ1) is 16.7. The molecule has 0 atom stereocenters. The van der Waals surface area contributed by atoms with E-state index >= 15 is 0 Å². The van der Waals surface area contributed by atoms with Crippen molar-refractivity contribution in [3.05, 3.63) is 37.2 Å². The van der Waals surface area contributed by atoms with Crippen molar-refractivity contribution < 1.29 is 4.79 Å². The number of hydrogen-bond donors (Lipinski definition) is 0. The highest BCUT2D eigenvalue weighted by molar-refractivity contribution is 7.99. The molecule has 0 aliphatic heterocycles. The molecule has 1 aliphatic carbocycles. The number of amides is 1. The number of carbonyl (C=O) groups is 1. The van der Waals surface area contributed by atoms with E-state index < -0.39 is 0 Å². The molecule has 1 amide bonds.